The second kappa shape index (κ2) is 5.38. The zero-order valence-corrected chi connectivity index (χ0v) is 12.2. The molecule has 1 unspecified atom stereocenters. The number of hydrogen-bond donors (Lipinski definition) is 1. The van der Waals surface area contributed by atoms with Crippen molar-refractivity contribution in [3.8, 4) is 0 Å². The van der Waals surface area contributed by atoms with E-state index in [9.17, 15) is 5.11 Å². The fourth-order valence-electron chi connectivity index (χ4n) is 1.62. The molecule has 1 nitrogen and oxygen atoms in total. The van der Waals surface area contributed by atoms with Crippen molar-refractivity contribution in [1.29, 1.82) is 0 Å². The third kappa shape index (κ3) is 3.00. The predicted molar refractivity (Wildman–Crippen MR) is 79.4 cm³/mol. The maximum absolute atomic E-state index is 10.2. The topological polar surface area (TPSA) is 20.2 Å². The van der Waals surface area contributed by atoms with E-state index in [2.05, 4.69) is 22.6 Å². The normalized spacial score (nSPS) is 12.5. The van der Waals surface area contributed by atoms with E-state index in [1.807, 2.05) is 49.4 Å². The van der Waals surface area contributed by atoms with Gasteiger partial charge in [0, 0.05) is 8.59 Å². The number of halogens is 2. The average Bonchev–Trinajstić information content (AvgIpc) is 2.33. The molecule has 0 aliphatic carbocycles. The van der Waals surface area contributed by atoms with Crippen LogP contribution in [0, 0.1) is 10.5 Å². The van der Waals surface area contributed by atoms with Crippen molar-refractivity contribution in [3.63, 3.8) is 0 Å². The Kier molecular flexibility index (Phi) is 4.07. The molecule has 88 valence electrons. The van der Waals surface area contributed by atoms with Gasteiger partial charge in [0.05, 0.1) is 0 Å². The third-order valence-corrected chi connectivity index (χ3v) is 3.82. The Morgan fingerprint density at radius 1 is 1.06 bits per heavy atom. The number of rotatable bonds is 2. The van der Waals surface area contributed by atoms with Gasteiger partial charge in [-0.2, -0.15) is 0 Å². The van der Waals surface area contributed by atoms with E-state index in [0.717, 1.165) is 20.3 Å². The summed E-state index contributed by atoms with van der Waals surface area (Å²) in [6, 6.07) is 13.5. The lowest BCUT2D eigenvalue weighted by molar-refractivity contribution is 0.220. The summed E-state index contributed by atoms with van der Waals surface area (Å²) in [5.74, 6) is 0. The zero-order valence-electron chi connectivity index (χ0n) is 9.32. The van der Waals surface area contributed by atoms with Gasteiger partial charge in [-0.1, -0.05) is 35.9 Å². The van der Waals surface area contributed by atoms with Gasteiger partial charge in [0.2, 0.25) is 0 Å². The molecule has 0 bridgehead atoms. The summed E-state index contributed by atoms with van der Waals surface area (Å²) in [4.78, 5) is 0. The average molecular weight is 359 g/mol. The minimum atomic E-state index is -0.620. The smallest absolute Gasteiger partial charge is 0.104 e. The molecule has 3 heteroatoms. The number of aryl methyl sites for hydroxylation is 1. The lowest BCUT2D eigenvalue weighted by atomic mass is 10.0. The van der Waals surface area contributed by atoms with Crippen molar-refractivity contribution < 1.29 is 5.11 Å². The molecule has 0 radical (unpaired) electrons. The standard InChI is InChI=1S/C14H12ClIO/c1-9-2-3-11(8-13(9)15)14(17)10-4-6-12(16)7-5-10/h2-8,14,17H,1H3. The molecule has 0 aliphatic rings. The Labute approximate surface area is 120 Å². The summed E-state index contributed by atoms with van der Waals surface area (Å²) >= 11 is 8.30. The van der Waals surface area contributed by atoms with Crippen molar-refractivity contribution in [2.24, 2.45) is 0 Å². The van der Waals surface area contributed by atoms with Crippen molar-refractivity contribution in [2.45, 2.75) is 13.0 Å². The Morgan fingerprint density at radius 2 is 1.65 bits per heavy atom. The van der Waals surface area contributed by atoms with Gasteiger partial charge in [0.1, 0.15) is 6.10 Å². The van der Waals surface area contributed by atoms with Gasteiger partial charge in [0.15, 0.2) is 0 Å². The molecular weight excluding hydrogens is 347 g/mol. The molecule has 0 amide bonds. The second-order valence-electron chi connectivity index (χ2n) is 3.96. The van der Waals surface area contributed by atoms with Gasteiger partial charge >= 0.3 is 0 Å². The van der Waals surface area contributed by atoms with Crippen molar-refractivity contribution in [2.75, 3.05) is 0 Å². The van der Waals surface area contributed by atoms with Crippen LogP contribution < -0.4 is 0 Å². The number of aliphatic hydroxyl groups excluding tert-OH is 1. The summed E-state index contributed by atoms with van der Waals surface area (Å²) in [5.41, 5.74) is 2.72. The Balaban J connectivity index is 2.33. The van der Waals surface area contributed by atoms with E-state index in [4.69, 9.17) is 11.6 Å². The van der Waals surface area contributed by atoms with Crippen LogP contribution >= 0.6 is 34.2 Å². The van der Waals surface area contributed by atoms with Gasteiger partial charge in [-0.05, 0) is 64.4 Å². The first-order chi connectivity index (χ1) is 8.08. The van der Waals surface area contributed by atoms with Crippen LogP contribution in [0.1, 0.15) is 22.8 Å². The monoisotopic (exact) mass is 358 g/mol. The minimum Gasteiger partial charge on any atom is -0.384 e. The van der Waals surface area contributed by atoms with Crippen molar-refractivity contribution >= 4 is 34.2 Å². The molecule has 17 heavy (non-hydrogen) atoms. The Hall–Kier alpha value is -0.580. The lowest BCUT2D eigenvalue weighted by Gasteiger charge is -2.12. The van der Waals surface area contributed by atoms with E-state index in [-0.39, 0.29) is 0 Å². The van der Waals surface area contributed by atoms with Crippen LogP contribution in [0.25, 0.3) is 0 Å². The molecule has 0 heterocycles. The van der Waals surface area contributed by atoms with Crippen LogP contribution in [0.2, 0.25) is 5.02 Å². The molecule has 0 spiro atoms. The molecule has 1 atom stereocenters. The second-order valence-corrected chi connectivity index (χ2v) is 5.62. The summed E-state index contributed by atoms with van der Waals surface area (Å²) in [6.45, 7) is 1.95. The predicted octanol–water partition coefficient (Wildman–Crippen LogP) is 4.33. The molecule has 0 aliphatic heterocycles. The Morgan fingerprint density at radius 3 is 2.24 bits per heavy atom. The molecule has 1 N–H and O–H groups in total. The maximum atomic E-state index is 10.2. The van der Waals surface area contributed by atoms with Gasteiger partial charge in [0.25, 0.3) is 0 Å². The maximum Gasteiger partial charge on any atom is 0.104 e. The Bertz CT molecular complexity index is 522. The SMILES string of the molecule is Cc1ccc(C(O)c2ccc(I)cc2)cc1Cl. The first-order valence-corrected chi connectivity index (χ1v) is 6.73. The summed E-state index contributed by atoms with van der Waals surface area (Å²) in [5, 5.41) is 10.9. The molecule has 0 aromatic heterocycles. The van der Waals surface area contributed by atoms with Crippen LogP contribution in [0.3, 0.4) is 0 Å². The van der Waals surface area contributed by atoms with Crippen LogP contribution in [0.5, 0.6) is 0 Å². The van der Waals surface area contributed by atoms with E-state index >= 15 is 0 Å². The highest BCUT2D eigenvalue weighted by Gasteiger charge is 2.11. The minimum absolute atomic E-state index is 0.620. The highest BCUT2D eigenvalue weighted by molar-refractivity contribution is 14.1. The summed E-state index contributed by atoms with van der Waals surface area (Å²) in [6.07, 6.45) is -0.620. The van der Waals surface area contributed by atoms with Crippen LogP contribution in [0.15, 0.2) is 42.5 Å². The number of benzene rings is 2. The fourth-order valence-corrected chi connectivity index (χ4v) is 2.17. The van der Waals surface area contributed by atoms with Crippen LogP contribution in [0.4, 0.5) is 0 Å². The lowest BCUT2D eigenvalue weighted by Crippen LogP contribution is -1.99. The van der Waals surface area contributed by atoms with Gasteiger partial charge in [-0.3, -0.25) is 0 Å². The zero-order chi connectivity index (χ0) is 12.4. The molecular formula is C14H12ClIO. The van der Waals surface area contributed by atoms with E-state index in [1.54, 1.807) is 0 Å². The van der Waals surface area contributed by atoms with Crippen LogP contribution in [-0.4, -0.2) is 5.11 Å². The summed E-state index contributed by atoms with van der Waals surface area (Å²) < 4.78 is 1.15. The molecule has 0 fully saturated rings. The van der Waals surface area contributed by atoms with E-state index in [0.29, 0.717) is 5.02 Å². The van der Waals surface area contributed by atoms with Crippen molar-refractivity contribution in [3.05, 3.63) is 67.7 Å². The number of aliphatic hydroxyl groups is 1. The molecule has 2 aromatic rings. The third-order valence-electron chi connectivity index (χ3n) is 2.70. The highest BCUT2D eigenvalue weighted by atomic mass is 127. The van der Waals surface area contributed by atoms with Crippen LogP contribution in [-0.2, 0) is 0 Å². The highest BCUT2D eigenvalue weighted by Crippen LogP contribution is 2.26. The first kappa shape index (κ1) is 12.9. The number of hydrogen-bond acceptors (Lipinski definition) is 1. The van der Waals surface area contributed by atoms with E-state index in [1.165, 1.54) is 0 Å². The fraction of sp³-hybridized carbons (Fsp3) is 0.143. The first-order valence-electron chi connectivity index (χ1n) is 5.27. The van der Waals surface area contributed by atoms with Crippen molar-refractivity contribution in [1.82, 2.24) is 0 Å². The quantitative estimate of drug-likeness (QED) is 0.792. The van der Waals surface area contributed by atoms with Gasteiger partial charge < -0.3 is 5.11 Å². The molecule has 2 aromatic carbocycles. The summed E-state index contributed by atoms with van der Waals surface area (Å²) in [7, 11) is 0. The molecule has 0 saturated carbocycles. The van der Waals surface area contributed by atoms with Gasteiger partial charge in [-0.15, -0.1) is 0 Å². The molecule has 0 saturated heterocycles. The molecule has 2 rings (SSSR count). The van der Waals surface area contributed by atoms with E-state index < -0.39 is 6.10 Å². The largest absolute Gasteiger partial charge is 0.384 e. The van der Waals surface area contributed by atoms with Gasteiger partial charge in [-0.25, -0.2) is 0 Å².